The van der Waals surface area contributed by atoms with E-state index in [2.05, 4.69) is 9.47 Å². The Balaban J connectivity index is 1.27. The van der Waals surface area contributed by atoms with Crippen molar-refractivity contribution in [3.63, 3.8) is 0 Å². The quantitative estimate of drug-likeness (QED) is 0.0204. The van der Waals surface area contributed by atoms with Gasteiger partial charge in [-0.25, -0.2) is 9.59 Å². The molecule has 12 heteroatoms. The topological polar surface area (TPSA) is 176 Å². The lowest BCUT2D eigenvalue weighted by molar-refractivity contribution is -0.154. The van der Waals surface area contributed by atoms with Gasteiger partial charge >= 0.3 is 23.9 Å². The van der Waals surface area contributed by atoms with Gasteiger partial charge in [0.15, 0.2) is 0 Å². The molecule has 0 aliphatic carbocycles. The summed E-state index contributed by atoms with van der Waals surface area (Å²) in [7, 11) is 2.66. The molecule has 0 spiro atoms. The Bertz CT molecular complexity index is 1860. The van der Waals surface area contributed by atoms with Crippen molar-refractivity contribution >= 4 is 47.4 Å². The van der Waals surface area contributed by atoms with E-state index in [1.54, 1.807) is 12.2 Å². The highest BCUT2D eigenvalue weighted by atomic mass is 16.6. The van der Waals surface area contributed by atoms with Gasteiger partial charge in [-0.05, 0) is 134 Å². The summed E-state index contributed by atoms with van der Waals surface area (Å²) in [5, 5.41) is 0. The predicted molar refractivity (Wildman–Crippen MR) is 236 cm³/mol. The molecule has 0 aliphatic rings. The average Bonchev–Trinajstić information content (AvgIpc) is 3.28. The predicted octanol–water partition coefficient (Wildman–Crippen LogP) is 8.36. The van der Waals surface area contributed by atoms with Crippen LogP contribution in [0, 0.1) is 5.41 Å². The summed E-state index contributed by atoms with van der Waals surface area (Å²) in [6.45, 7) is 1.07. The third-order valence-corrected chi connectivity index (χ3v) is 9.77. The number of carbonyl (C=O) groups excluding carboxylic acids is 4. The number of ether oxygens (including phenoxy) is 6. The molecule has 0 aliphatic heterocycles. The SMILES string of the molecule is COC(=O)/C=C/c1ccc(OCCCCCC(=O)OCC(COC(=O)CCCCCOc2ccc(/C=C/C(=O)OC)cc2)(Cc2ccc(N)cc2)Cc2ccc(N)cc2)cc1. The highest BCUT2D eigenvalue weighted by molar-refractivity contribution is 5.87. The van der Waals surface area contributed by atoms with Gasteiger partial charge in [0.2, 0.25) is 0 Å². The molecule has 0 unspecified atom stereocenters. The molecule has 4 aromatic rings. The number of esters is 4. The summed E-state index contributed by atoms with van der Waals surface area (Å²) in [5.74, 6) is -0.0576. The highest BCUT2D eigenvalue weighted by Gasteiger charge is 2.35. The van der Waals surface area contributed by atoms with Crippen LogP contribution >= 0.6 is 0 Å². The van der Waals surface area contributed by atoms with Crippen LogP contribution in [0.5, 0.6) is 11.5 Å². The summed E-state index contributed by atoms with van der Waals surface area (Å²) >= 11 is 0. The molecule has 0 aromatic heterocycles. The number of methoxy groups -OCH3 is 2. The first-order chi connectivity index (χ1) is 29.5. The minimum Gasteiger partial charge on any atom is -0.494 e. The molecule has 4 N–H and O–H groups in total. The summed E-state index contributed by atoms with van der Waals surface area (Å²) in [4.78, 5) is 49.0. The maximum Gasteiger partial charge on any atom is 0.330 e. The zero-order chi connectivity index (χ0) is 43.7. The molecule has 0 fully saturated rings. The minimum atomic E-state index is -0.769. The van der Waals surface area contributed by atoms with Crippen molar-refractivity contribution in [2.75, 3.05) is 52.1 Å². The first-order valence-corrected chi connectivity index (χ1v) is 20.5. The van der Waals surface area contributed by atoms with E-state index in [0.29, 0.717) is 61.8 Å². The van der Waals surface area contributed by atoms with Crippen LogP contribution in [0.25, 0.3) is 12.2 Å². The number of hydrogen-bond acceptors (Lipinski definition) is 12. The van der Waals surface area contributed by atoms with E-state index in [4.69, 9.17) is 30.4 Å². The third kappa shape index (κ3) is 18.5. The number of unbranched alkanes of at least 4 members (excludes halogenated alkanes) is 4. The van der Waals surface area contributed by atoms with Crippen molar-refractivity contribution in [1.82, 2.24) is 0 Å². The average molecular weight is 835 g/mol. The Hall–Kier alpha value is -6.56. The molecule has 0 atom stereocenters. The molecule has 0 saturated carbocycles. The molecule has 0 amide bonds. The number of nitrogens with two attached hydrogens (primary N) is 2. The number of carbonyl (C=O) groups is 4. The van der Waals surface area contributed by atoms with Crippen molar-refractivity contribution in [3.05, 3.63) is 131 Å². The maximum absolute atomic E-state index is 13.2. The lowest BCUT2D eigenvalue weighted by Crippen LogP contribution is -2.39. The Kier molecular flexibility index (Phi) is 19.9. The van der Waals surface area contributed by atoms with Gasteiger partial charge < -0.3 is 39.9 Å². The second-order valence-electron chi connectivity index (χ2n) is 14.8. The second kappa shape index (κ2) is 25.8. The molecule has 4 aromatic carbocycles. The maximum atomic E-state index is 13.2. The molecule has 0 radical (unpaired) electrons. The summed E-state index contributed by atoms with van der Waals surface area (Å²) in [5.41, 5.74) is 16.1. The zero-order valence-corrected chi connectivity index (χ0v) is 35.2. The Morgan fingerprint density at radius 3 is 1.25 bits per heavy atom. The molecule has 0 saturated heterocycles. The van der Waals surface area contributed by atoms with Crippen LogP contribution in [0.15, 0.2) is 109 Å². The molecule has 324 valence electrons. The molecule has 12 nitrogen and oxygen atoms in total. The second-order valence-corrected chi connectivity index (χ2v) is 14.8. The van der Waals surface area contributed by atoms with E-state index in [-0.39, 0.29) is 38.0 Å². The van der Waals surface area contributed by atoms with Gasteiger partial charge in [0, 0.05) is 41.8 Å². The first kappa shape index (κ1) is 47.1. The Morgan fingerprint density at radius 1 is 0.508 bits per heavy atom. The molecular formula is C49H58N2O10. The van der Waals surface area contributed by atoms with Gasteiger partial charge in [-0.2, -0.15) is 0 Å². The van der Waals surface area contributed by atoms with Crippen molar-refractivity contribution in [3.8, 4) is 11.5 Å². The van der Waals surface area contributed by atoms with Crippen molar-refractivity contribution in [2.45, 2.75) is 64.2 Å². The van der Waals surface area contributed by atoms with Crippen LogP contribution < -0.4 is 20.9 Å². The number of benzene rings is 4. The molecule has 4 rings (SSSR count). The van der Waals surface area contributed by atoms with Crippen LogP contribution in [0.4, 0.5) is 11.4 Å². The van der Waals surface area contributed by atoms with E-state index >= 15 is 0 Å². The third-order valence-electron chi connectivity index (χ3n) is 9.77. The van der Waals surface area contributed by atoms with Crippen LogP contribution in [-0.2, 0) is 51.0 Å². The lowest BCUT2D eigenvalue weighted by Gasteiger charge is -2.33. The number of nitrogen functional groups attached to an aromatic ring is 2. The van der Waals surface area contributed by atoms with Crippen LogP contribution in [0.3, 0.4) is 0 Å². The van der Waals surface area contributed by atoms with Gasteiger partial charge in [0.05, 0.1) is 27.4 Å². The van der Waals surface area contributed by atoms with Crippen molar-refractivity contribution in [2.24, 2.45) is 5.41 Å². The molecular weight excluding hydrogens is 777 g/mol. The summed E-state index contributed by atoms with van der Waals surface area (Å²) in [6.07, 6.45) is 11.8. The normalized spacial score (nSPS) is 11.3. The van der Waals surface area contributed by atoms with Gasteiger partial charge in [0.25, 0.3) is 0 Å². The van der Waals surface area contributed by atoms with Crippen LogP contribution in [0.1, 0.15) is 73.6 Å². The summed E-state index contributed by atoms with van der Waals surface area (Å²) < 4.78 is 32.9. The fraction of sp³-hybridized carbons (Fsp3) is 0.347. The smallest absolute Gasteiger partial charge is 0.330 e. The van der Waals surface area contributed by atoms with E-state index in [9.17, 15) is 19.2 Å². The van der Waals surface area contributed by atoms with Gasteiger partial charge in [-0.15, -0.1) is 0 Å². The summed E-state index contributed by atoms with van der Waals surface area (Å²) in [6, 6.07) is 29.8. The van der Waals surface area contributed by atoms with Crippen molar-refractivity contribution < 1.29 is 47.6 Å². The van der Waals surface area contributed by atoms with E-state index in [0.717, 1.165) is 47.9 Å². The van der Waals surface area contributed by atoms with Crippen molar-refractivity contribution in [1.29, 1.82) is 0 Å². The van der Waals surface area contributed by atoms with E-state index in [1.165, 1.54) is 26.4 Å². The molecule has 0 heterocycles. The van der Waals surface area contributed by atoms with E-state index in [1.807, 2.05) is 97.1 Å². The van der Waals surface area contributed by atoms with Gasteiger partial charge in [0.1, 0.15) is 24.7 Å². The largest absolute Gasteiger partial charge is 0.494 e. The highest BCUT2D eigenvalue weighted by Crippen LogP contribution is 2.31. The fourth-order valence-electron chi connectivity index (χ4n) is 6.35. The van der Waals surface area contributed by atoms with Gasteiger partial charge in [-0.1, -0.05) is 48.5 Å². The standard InChI is InChI=1S/C49H58N2O10/c1-56-45(52)29-19-37-15-25-43(26-16-37)58-31-7-3-5-9-47(54)60-35-49(33-39-11-21-41(50)22-12-39,34-40-13-23-42(51)24-14-40)36-61-48(55)10-6-4-8-32-59-44-27-17-38(18-28-44)20-30-46(53)57-2/h11-30H,3-10,31-36,50-51H2,1-2H3/b29-19+,30-20+. The monoisotopic (exact) mass is 834 g/mol. The number of anilines is 2. The zero-order valence-electron chi connectivity index (χ0n) is 35.2. The van der Waals surface area contributed by atoms with Crippen LogP contribution in [0.2, 0.25) is 0 Å². The fourth-order valence-corrected chi connectivity index (χ4v) is 6.35. The van der Waals surface area contributed by atoms with E-state index < -0.39 is 17.4 Å². The number of rotatable bonds is 26. The van der Waals surface area contributed by atoms with Crippen LogP contribution in [-0.4, -0.2) is 64.5 Å². The molecule has 61 heavy (non-hydrogen) atoms. The Labute approximate surface area is 358 Å². The minimum absolute atomic E-state index is 0.0433. The molecule has 0 bridgehead atoms. The Morgan fingerprint density at radius 2 is 0.885 bits per heavy atom. The lowest BCUT2D eigenvalue weighted by atomic mass is 9.77. The van der Waals surface area contributed by atoms with Gasteiger partial charge in [-0.3, -0.25) is 9.59 Å². The first-order valence-electron chi connectivity index (χ1n) is 20.5. The number of hydrogen-bond donors (Lipinski definition) is 2.